The average Bonchev–Trinajstić information content (AvgIpc) is 1.84. The molecule has 0 heterocycles. The topological polar surface area (TPSA) is 401 Å². The van der Waals surface area contributed by atoms with Crippen molar-refractivity contribution in [1.29, 1.82) is 0 Å². The third kappa shape index (κ3) is 15.8. The molecule has 0 aromatic heterocycles. The molecule has 87 heavy (non-hydrogen) atoms. The van der Waals surface area contributed by atoms with Gasteiger partial charge in [0.1, 0.15) is 0 Å². The van der Waals surface area contributed by atoms with Gasteiger partial charge in [0.05, 0.1) is 70.2 Å². The number of fused-ring (bicyclic) bond motifs is 3. The fourth-order valence-corrected chi connectivity index (χ4v) is 9.95. The number of aryl methyl sites for hydroxylation is 1. The molecule has 0 spiro atoms. The van der Waals surface area contributed by atoms with Crippen LogP contribution in [0.5, 0.6) is 5.75 Å². The van der Waals surface area contributed by atoms with Gasteiger partial charge in [0.15, 0.2) is 5.75 Å². The Labute approximate surface area is 491 Å². The van der Waals surface area contributed by atoms with Crippen molar-refractivity contribution < 1.29 is 66.5 Å². The molecule has 5 aromatic carbocycles. The van der Waals surface area contributed by atoms with Gasteiger partial charge < -0.3 is 10.1 Å². The summed E-state index contributed by atoms with van der Waals surface area (Å²) in [6.07, 6.45) is 0.261. The Kier molecular flexibility index (Phi) is 23.9. The molecule has 1 aliphatic carbocycles. The van der Waals surface area contributed by atoms with Crippen LogP contribution in [0.2, 0.25) is 0 Å². The summed E-state index contributed by atoms with van der Waals surface area (Å²) in [5, 5.41) is 91.1. The van der Waals surface area contributed by atoms with E-state index in [4.69, 9.17) is 4.74 Å². The van der Waals surface area contributed by atoms with Crippen LogP contribution in [0.3, 0.4) is 0 Å². The molecule has 1 aliphatic rings. The number of nitrogens with zero attached hydrogens (tertiary/aromatic N) is 8. The lowest BCUT2D eigenvalue weighted by molar-refractivity contribution is -0.399. The van der Waals surface area contributed by atoms with Crippen LogP contribution in [0.1, 0.15) is 182 Å². The zero-order valence-corrected chi connectivity index (χ0v) is 49.3. The second kappa shape index (κ2) is 29.2. The number of nitro groups is 8. The third-order valence-electron chi connectivity index (χ3n) is 13.4. The molecule has 1 N–H and O–H groups in total. The van der Waals surface area contributed by atoms with Crippen molar-refractivity contribution in [3.63, 3.8) is 0 Å². The second-order valence-corrected chi connectivity index (χ2v) is 21.3. The van der Waals surface area contributed by atoms with Gasteiger partial charge in [-0.25, -0.2) is 0 Å². The van der Waals surface area contributed by atoms with Crippen LogP contribution in [-0.4, -0.2) is 52.4 Å². The molecule has 1 amide bonds. The number of rotatable bonds is 16. The van der Waals surface area contributed by atoms with E-state index < -0.39 is 126 Å². The Morgan fingerprint density at radius 1 is 0.483 bits per heavy atom. The fraction of sp³-hybridized carbons (Fsp3) is 0.418. The predicted molar refractivity (Wildman–Crippen MR) is 307 cm³/mol. The summed E-state index contributed by atoms with van der Waals surface area (Å²) in [5.41, 5.74) is -5.16. The van der Waals surface area contributed by atoms with E-state index in [9.17, 15) is 108 Å². The molecule has 468 valence electrons. The van der Waals surface area contributed by atoms with E-state index in [1.165, 1.54) is 32.2 Å². The Morgan fingerprint density at radius 3 is 1.18 bits per heavy atom. The quantitative estimate of drug-likeness (QED) is 0.0544. The fourth-order valence-electron chi connectivity index (χ4n) is 9.95. The minimum absolute atomic E-state index is 0.0518. The summed E-state index contributed by atoms with van der Waals surface area (Å²) in [4.78, 5) is 105. The number of hydrogen-bond acceptors (Lipinski definition) is 19. The number of benzene rings is 4. The predicted octanol–water partition coefficient (Wildman–Crippen LogP) is 14.5. The van der Waals surface area contributed by atoms with E-state index in [-0.39, 0.29) is 104 Å². The van der Waals surface area contributed by atoms with Crippen molar-refractivity contribution in [3.8, 4) is 16.9 Å². The number of halogens is 4. The van der Waals surface area contributed by atoms with Crippen molar-refractivity contribution in [3.05, 3.63) is 201 Å². The maximum atomic E-state index is 14.8. The minimum Gasteiger partial charge on any atom is -0.493 e. The monoisotopic (exact) mass is 1230 g/mol. The van der Waals surface area contributed by atoms with E-state index in [1.807, 2.05) is 0 Å². The van der Waals surface area contributed by atoms with Gasteiger partial charge in [0.25, 0.3) is 23.0 Å². The average molecular weight is 1230 g/mol. The SMILES string of the molecule is CC(C)c1c([N+](=O)[O-])cc([N+](=O)[O-])c(F)c1C(C)C.CC(C)c1c([N+](=O)[O-])cc([N+](=O)[O-])c(F)c1C(C)C.CC(C)c1cc([N+](=O)[O-])c(F)c([N+](=O)[O-])c1C(C)C.COc1ccc2c(cc1=O)[C@@H](NC(C)=O)CCc1cc([N+](=O)[O-])c(F)c([N+](=O)[O-])c1-2. The lowest BCUT2D eigenvalue weighted by Gasteiger charge is -2.17. The zero-order chi connectivity index (χ0) is 66.9. The van der Waals surface area contributed by atoms with Crippen LogP contribution >= 0.6 is 0 Å². The molecular formula is C55H61F4N9O19. The van der Waals surface area contributed by atoms with Crippen molar-refractivity contribution >= 4 is 51.4 Å². The van der Waals surface area contributed by atoms with Gasteiger partial charge in [0, 0.05) is 46.9 Å². The largest absolute Gasteiger partial charge is 0.493 e. The number of hydrogen-bond donors (Lipinski definition) is 1. The van der Waals surface area contributed by atoms with Crippen LogP contribution < -0.4 is 15.5 Å². The minimum atomic E-state index is -1.58. The van der Waals surface area contributed by atoms with Gasteiger partial charge in [0.2, 0.25) is 23.0 Å². The lowest BCUT2D eigenvalue weighted by atomic mass is 9.88. The van der Waals surface area contributed by atoms with Crippen LogP contribution in [0.4, 0.5) is 63.1 Å². The molecule has 0 saturated heterocycles. The highest BCUT2D eigenvalue weighted by atomic mass is 19.1. The van der Waals surface area contributed by atoms with Gasteiger partial charge >= 0.3 is 34.1 Å². The molecule has 32 heteroatoms. The normalized spacial score (nSPS) is 12.3. The number of carbonyl (C=O) groups is 1. The highest BCUT2D eigenvalue weighted by Crippen LogP contribution is 2.47. The van der Waals surface area contributed by atoms with Crippen LogP contribution in [0.25, 0.3) is 11.1 Å². The molecule has 1 atom stereocenters. The molecule has 0 radical (unpaired) electrons. The maximum absolute atomic E-state index is 14.8. The summed E-state index contributed by atoms with van der Waals surface area (Å²) in [6.45, 7) is 21.5. The highest BCUT2D eigenvalue weighted by Gasteiger charge is 2.39. The first kappa shape index (κ1) is 71.2. The first-order chi connectivity index (χ1) is 40.2. The van der Waals surface area contributed by atoms with Crippen molar-refractivity contribution in [2.24, 2.45) is 0 Å². The smallest absolute Gasteiger partial charge is 0.320 e. The maximum Gasteiger partial charge on any atom is 0.320 e. The lowest BCUT2D eigenvalue weighted by Crippen LogP contribution is -2.26. The Hall–Kier alpha value is -10.0. The number of nitrogens with one attached hydrogen (secondary N) is 1. The molecule has 0 bridgehead atoms. The summed E-state index contributed by atoms with van der Waals surface area (Å²) < 4.78 is 62.1. The number of methoxy groups -OCH3 is 1. The van der Waals surface area contributed by atoms with Gasteiger partial charge in [-0.2, -0.15) is 17.6 Å². The summed E-state index contributed by atoms with van der Waals surface area (Å²) in [6, 6.07) is 6.55. The highest BCUT2D eigenvalue weighted by molar-refractivity contribution is 5.83. The first-order valence-electron chi connectivity index (χ1n) is 26.3. The second-order valence-electron chi connectivity index (χ2n) is 21.3. The van der Waals surface area contributed by atoms with Gasteiger partial charge in [-0.1, -0.05) is 83.1 Å². The van der Waals surface area contributed by atoms with Crippen molar-refractivity contribution in [1.82, 2.24) is 5.32 Å². The van der Waals surface area contributed by atoms with E-state index in [2.05, 4.69) is 5.32 Å². The molecule has 0 unspecified atom stereocenters. The summed E-state index contributed by atoms with van der Waals surface area (Å²) in [7, 11) is 1.27. The van der Waals surface area contributed by atoms with E-state index in [0.717, 1.165) is 12.1 Å². The van der Waals surface area contributed by atoms with E-state index in [1.54, 1.807) is 83.1 Å². The number of nitro benzene ring substituents is 8. The number of amides is 1. The third-order valence-corrected chi connectivity index (χ3v) is 13.4. The molecule has 28 nitrogen and oxygen atoms in total. The summed E-state index contributed by atoms with van der Waals surface area (Å²) in [5.74, 6) is -7.19. The van der Waals surface area contributed by atoms with Gasteiger partial charge in [-0.05, 0) is 88.8 Å². The Bertz CT molecular complexity index is 3570. The van der Waals surface area contributed by atoms with Crippen LogP contribution in [-0.2, 0) is 11.2 Å². The standard InChI is InChI=1S/C19H16FN3O7.3C12H15FN2O4/c1-9(24)21-13-5-3-10-7-14(22(26)27)18(20)19(23(28)29)17(10)11-4-6-16(30-2)15(25)8-12(11)13;2*1-6(2)10-8(14(16)17)5-9(15(18)19)12(13)11(10)7(3)4;1-6(2)8-5-9(14(16)17)11(13)12(15(18)19)10(8)7(3)4/h4,6-8,13H,3,5H2,1-2H3,(H,21,24);3*5-7H,1-4H3/t13-;;;/m0.../s1. The van der Waals surface area contributed by atoms with Crippen LogP contribution in [0.15, 0.2) is 47.3 Å². The van der Waals surface area contributed by atoms with Gasteiger partial charge in [-0.3, -0.25) is 90.5 Å². The Morgan fingerprint density at radius 2 is 0.851 bits per heavy atom. The first-order valence-corrected chi connectivity index (χ1v) is 26.3. The van der Waals surface area contributed by atoms with Crippen molar-refractivity contribution in [2.75, 3.05) is 7.11 Å². The number of carbonyl (C=O) groups excluding carboxylic acids is 1. The zero-order valence-electron chi connectivity index (χ0n) is 49.3. The van der Waals surface area contributed by atoms with Crippen molar-refractivity contribution in [2.45, 2.75) is 144 Å². The number of ether oxygens (including phenoxy) is 1. The molecule has 0 saturated carbocycles. The molecule has 0 fully saturated rings. The molecular weight excluding hydrogens is 1170 g/mol. The molecule has 0 aliphatic heterocycles. The molecule has 6 rings (SSSR count). The van der Waals surface area contributed by atoms with Crippen LogP contribution in [0, 0.1) is 104 Å². The van der Waals surface area contributed by atoms with Gasteiger partial charge in [-0.15, -0.1) is 0 Å². The Balaban J connectivity index is 0.000000311. The molecule has 5 aromatic rings. The van der Waals surface area contributed by atoms with E-state index in [0.29, 0.717) is 17.7 Å². The summed E-state index contributed by atoms with van der Waals surface area (Å²) >= 11 is 0. The van der Waals surface area contributed by atoms with E-state index >= 15 is 0 Å².